The third-order valence-electron chi connectivity index (χ3n) is 6.60. The SMILES string of the molecule is CN=C(NCC(C1CC1)C1CC1)NC1CCN(Cc2cccc(C)c2)CC1. The lowest BCUT2D eigenvalue weighted by molar-refractivity contribution is 0.198. The summed E-state index contributed by atoms with van der Waals surface area (Å²) in [5, 5.41) is 7.33. The summed E-state index contributed by atoms with van der Waals surface area (Å²) in [7, 11) is 1.91. The zero-order chi connectivity index (χ0) is 18.6. The van der Waals surface area contributed by atoms with E-state index in [0.29, 0.717) is 6.04 Å². The molecule has 0 aromatic heterocycles. The molecule has 0 atom stereocenters. The van der Waals surface area contributed by atoms with Crippen molar-refractivity contribution < 1.29 is 0 Å². The van der Waals surface area contributed by atoms with E-state index in [1.165, 1.54) is 49.7 Å². The zero-order valence-corrected chi connectivity index (χ0v) is 17.1. The fourth-order valence-corrected chi connectivity index (χ4v) is 4.67. The van der Waals surface area contributed by atoms with Gasteiger partial charge in [0.25, 0.3) is 0 Å². The van der Waals surface area contributed by atoms with Crippen LogP contribution in [0.1, 0.15) is 49.7 Å². The molecular weight excluding hydrogens is 332 g/mol. The Bertz CT molecular complexity index is 628. The second-order valence-electron chi connectivity index (χ2n) is 8.98. The number of nitrogens with zero attached hydrogens (tertiary/aromatic N) is 2. The molecule has 27 heavy (non-hydrogen) atoms. The van der Waals surface area contributed by atoms with Crippen LogP contribution >= 0.6 is 0 Å². The molecule has 3 fully saturated rings. The van der Waals surface area contributed by atoms with E-state index >= 15 is 0 Å². The van der Waals surface area contributed by atoms with Gasteiger partial charge in [-0.3, -0.25) is 9.89 Å². The molecule has 2 aliphatic carbocycles. The van der Waals surface area contributed by atoms with Gasteiger partial charge in [-0.1, -0.05) is 29.8 Å². The predicted octanol–water partition coefficient (Wildman–Crippen LogP) is 3.56. The van der Waals surface area contributed by atoms with Crippen LogP contribution in [0.4, 0.5) is 0 Å². The Morgan fingerprint density at radius 2 is 1.81 bits per heavy atom. The summed E-state index contributed by atoms with van der Waals surface area (Å²) in [6.07, 6.45) is 8.20. The Labute approximate surface area is 164 Å². The minimum Gasteiger partial charge on any atom is -0.356 e. The smallest absolute Gasteiger partial charge is 0.191 e. The summed E-state index contributed by atoms with van der Waals surface area (Å²) in [6, 6.07) is 9.46. The van der Waals surface area contributed by atoms with Gasteiger partial charge in [-0.2, -0.15) is 0 Å². The molecule has 1 aromatic carbocycles. The number of guanidine groups is 1. The first-order chi connectivity index (χ1) is 13.2. The molecule has 2 saturated carbocycles. The molecule has 0 radical (unpaired) electrons. The number of rotatable bonds is 7. The molecule has 4 nitrogen and oxygen atoms in total. The monoisotopic (exact) mass is 368 g/mol. The Kier molecular flexibility index (Phi) is 6.01. The fourth-order valence-electron chi connectivity index (χ4n) is 4.67. The molecule has 0 unspecified atom stereocenters. The molecule has 0 bridgehead atoms. The van der Waals surface area contributed by atoms with Gasteiger partial charge in [0.15, 0.2) is 5.96 Å². The highest BCUT2D eigenvalue weighted by molar-refractivity contribution is 5.80. The molecule has 148 valence electrons. The van der Waals surface area contributed by atoms with Crippen LogP contribution in [-0.4, -0.2) is 43.6 Å². The number of hydrogen-bond donors (Lipinski definition) is 2. The maximum Gasteiger partial charge on any atom is 0.191 e. The lowest BCUT2D eigenvalue weighted by Gasteiger charge is -2.33. The number of aryl methyl sites for hydroxylation is 1. The van der Waals surface area contributed by atoms with Gasteiger partial charge < -0.3 is 10.6 Å². The van der Waals surface area contributed by atoms with E-state index in [4.69, 9.17) is 0 Å². The summed E-state index contributed by atoms with van der Waals surface area (Å²) < 4.78 is 0. The summed E-state index contributed by atoms with van der Waals surface area (Å²) >= 11 is 0. The van der Waals surface area contributed by atoms with Gasteiger partial charge in [-0.05, 0) is 68.8 Å². The molecule has 1 heterocycles. The fraction of sp³-hybridized carbons (Fsp3) is 0.696. The third kappa shape index (κ3) is 5.47. The van der Waals surface area contributed by atoms with Crippen molar-refractivity contribution in [3.8, 4) is 0 Å². The summed E-state index contributed by atoms with van der Waals surface area (Å²) in [6.45, 7) is 6.69. The first-order valence-corrected chi connectivity index (χ1v) is 11.0. The highest BCUT2D eigenvalue weighted by Gasteiger charge is 2.41. The quantitative estimate of drug-likeness (QED) is 0.571. The maximum atomic E-state index is 4.49. The number of benzene rings is 1. The highest BCUT2D eigenvalue weighted by atomic mass is 15.2. The molecule has 1 aromatic rings. The molecule has 4 rings (SSSR count). The van der Waals surface area contributed by atoms with Gasteiger partial charge in [-0.15, -0.1) is 0 Å². The van der Waals surface area contributed by atoms with E-state index in [1.807, 2.05) is 7.05 Å². The van der Waals surface area contributed by atoms with Gasteiger partial charge >= 0.3 is 0 Å². The third-order valence-corrected chi connectivity index (χ3v) is 6.60. The largest absolute Gasteiger partial charge is 0.356 e. The number of hydrogen-bond acceptors (Lipinski definition) is 2. The summed E-state index contributed by atoms with van der Waals surface area (Å²) in [5.41, 5.74) is 2.79. The molecule has 0 spiro atoms. The van der Waals surface area contributed by atoms with Gasteiger partial charge in [0, 0.05) is 39.3 Å². The average Bonchev–Trinajstić information content (AvgIpc) is 3.56. The van der Waals surface area contributed by atoms with Crippen molar-refractivity contribution in [2.45, 2.75) is 58.0 Å². The van der Waals surface area contributed by atoms with Gasteiger partial charge in [0.1, 0.15) is 0 Å². The molecule has 3 aliphatic rings. The van der Waals surface area contributed by atoms with Crippen molar-refractivity contribution >= 4 is 5.96 Å². The minimum absolute atomic E-state index is 0.547. The van der Waals surface area contributed by atoms with Crippen LogP contribution in [0.3, 0.4) is 0 Å². The van der Waals surface area contributed by atoms with Gasteiger partial charge in [-0.25, -0.2) is 0 Å². The number of likely N-dealkylation sites (tertiary alicyclic amines) is 1. The van der Waals surface area contributed by atoms with Crippen molar-refractivity contribution in [1.82, 2.24) is 15.5 Å². The van der Waals surface area contributed by atoms with Gasteiger partial charge in [0.2, 0.25) is 0 Å². The normalized spacial score (nSPS) is 22.3. The Hall–Kier alpha value is -1.55. The van der Waals surface area contributed by atoms with Crippen LogP contribution in [0.5, 0.6) is 0 Å². The van der Waals surface area contributed by atoms with Crippen LogP contribution in [0, 0.1) is 24.7 Å². The van der Waals surface area contributed by atoms with Crippen LogP contribution in [-0.2, 0) is 6.54 Å². The van der Waals surface area contributed by atoms with Crippen LogP contribution in [0.15, 0.2) is 29.3 Å². The van der Waals surface area contributed by atoms with Crippen LogP contribution in [0.25, 0.3) is 0 Å². The number of aliphatic imine (C=N–C) groups is 1. The number of piperidine rings is 1. The average molecular weight is 369 g/mol. The summed E-state index contributed by atoms with van der Waals surface area (Å²) in [4.78, 5) is 7.07. The molecule has 4 heteroatoms. The standard InChI is InChI=1S/C23H36N4/c1-17-4-3-5-18(14-17)16-27-12-10-21(11-13-27)26-23(24-2)25-15-22(19-6-7-19)20-8-9-20/h3-5,14,19-22H,6-13,15-16H2,1-2H3,(H2,24,25,26). The van der Waals surface area contributed by atoms with Crippen molar-refractivity contribution in [1.29, 1.82) is 0 Å². The van der Waals surface area contributed by atoms with Crippen LogP contribution < -0.4 is 10.6 Å². The van der Waals surface area contributed by atoms with E-state index in [2.05, 4.69) is 51.7 Å². The van der Waals surface area contributed by atoms with Crippen molar-refractivity contribution in [2.24, 2.45) is 22.7 Å². The van der Waals surface area contributed by atoms with E-state index < -0.39 is 0 Å². The van der Waals surface area contributed by atoms with Crippen molar-refractivity contribution in [2.75, 3.05) is 26.7 Å². The second kappa shape index (κ2) is 8.64. The predicted molar refractivity (Wildman–Crippen MR) is 113 cm³/mol. The number of nitrogens with one attached hydrogen (secondary N) is 2. The van der Waals surface area contributed by atoms with Crippen molar-refractivity contribution in [3.05, 3.63) is 35.4 Å². The Morgan fingerprint density at radius 1 is 1.11 bits per heavy atom. The molecular formula is C23H36N4. The maximum absolute atomic E-state index is 4.49. The minimum atomic E-state index is 0.547. The molecule has 1 aliphatic heterocycles. The summed E-state index contributed by atoms with van der Waals surface area (Å²) in [5.74, 6) is 3.89. The lowest BCUT2D eigenvalue weighted by Crippen LogP contribution is -2.49. The topological polar surface area (TPSA) is 39.7 Å². The van der Waals surface area contributed by atoms with E-state index in [9.17, 15) is 0 Å². The molecule has 1 saturated heterocycles. The zero-order valence-electron chi connectivity index (χ0n) is 17.1. The van der Waals surface area contributed by atoms with E-state index in [-0.39, 0.29) is 0 Å². The van der Waals surface area contributed by atoms with E-state index in [1.54, 1.807) is 0 Å². The Balaban J connectivity index is 1.19. The van der Waals surface area contributed by atoms with Crippen molar-refractivity contribution in [3.63, 3.8) is 0 Å². The highest BCUT2D eigenvalue weighted by Crippen LogP contribution is 2.48. The first-order valence-electron chi connectivity index (χ1n) is 11.0. The van der Waals surface area contributed by atoms with Crippen LogP contribution in [0.2, 0.25) is 0 Å². The molecule has 0 amide bonds. The Morgan fingerprint density at radius 3 is 2.41 bits per heavy atom. The first kappa shape index (κ1) is 18.8. The lowest BCUT2D eigenvalue weighted by atomic mass is 9.98. The van der Waals surface area contributed by atoms with E-state index in [0.717, 1.165) is 49.9 Å². The van der Waals surface area contributed by atoms with Gasteiger partial charge in [0.05, 0.1) is 0 Å². The molecule has 2 N–H and O–H groups in total. The second-order valence-corrected chi connectivity index (χ2v) is 8.98.